The van der Waals surface area contributed by atoms with E-state index in [2.05, 4.69) is 24.1 Å². The molecule has 0 aromatic heterocycles. The number of carbonyl (C=O) groups excluding carboxylic acids is 1. The number of hydrogen-bond donors (Lipinski definition) is 0. The third-order valence-corrected chi connectivity index (χ3v) is 5.31. The molecule has 3 rings (SSSR count). The number of rotatable bonds is 5. The summed E-state index contributed by atoms with van der Waals surface area (Å²) >= 11 is 0. The van der Waals surface area contributed by atoms with Crippen LogP contribution in [-0.2, 0) is 11.2 Å². The molecule has 1 saturated heterocycles. The van der Waals surface area contributed by atoms with Crippen molar-refractivity contribution in [2.24, 2.45) is 5.92 Å². The molecule has 0 radical (unpaired) electrons. The van der Waals surface area contributed by atoms with Crippen molar-refractivity contribution in [3.63, 3.8) is 0 Å². The van der Waals surface area contributed by atoms with Gasteiger partial charge in [0.15, 0.2) is 0 Å². The molecule has 0 amide bonds. The number of ketones is 1. The van der Waals surface area contributed by atoms with Gasteiger partial charge < -0.3 is 9.64 Å². The molecule has 2 fully saturated rings. The van der Waals surface area contributed by atoms with Gasteiger partial charge in [-0.2, -0.15) is 0 Å². The topological polar surface area (TPSA) is 29.5 Å². The van der Waals surface area contributed by atoms with E-state index in [0.29, 0.717) is 24.2 Å². The molecule has 0 atom stereocenters. The second-order valence-corrected chi connectivity index (χ2v) is 7.25. The summed E-state index contributed by atoms with van der Waals surface area (Å²) in [6.45, 7) is 2.20. The molecule has 0 unspecified atom stereocenters. The third-order valence-electron chi connectivity index (χ3n) is 5.31. The van der Waals surface area contributed by atoms with E-state index in [1.54, 1.807) is 0 Å². The quantitative estimate of drug-likeness (QED) is 0.793. The van der Waals surface area contributed by atoms with Crippen LogP contribution in [0.5, 0.6) is 5.75 Å². The molecule has 0 bridgehead atoms. The van der Waals surface area contributed by atoms with E-state index in [1.165, 1.54) is 19.3 Å². The normalized spacial score (nSPS) is 20.4. The summed E-state index contributed by atoms with van der Waals surface area (Å²) in [6.07, 6.45) is 8.96. The summed E-state index contributed by atoms with van der Waals surface area (Å²) in [7, 11) is 2.16. The number of Topliss-reactive ketones (excluding diaryl/α,β-unsaturated/α-hetero) is 1. The fraction of sp³-hybridized carbons (Fsp3) is 0.650. The lowest BCUT2D eigenvalue weighted by atomic mass is 9.84. The number of nitrogens with zero attached hydrogens (tertiary/aromatic N) is 1. The van der Waals surface area contributed by atoms with Crippen LogP contribution < -0.4 is 4.74 Å². The van der Waals surface area contributed by atoms with Gasteiger partial charge >= 0.3 is 0 Å². The lowest BCUT2D eigenvalue weighted by Gasteiger charge is -2.29. The van der Waals surface area contributed by atoms with Crippen LogP contribution in [0.2, 0.25) is 0 Å². The number of hydrogen-bond acceptors (Lipinski definition) is 3. The van der Waals surface area contributed by atoms with E-state index >= 15 is 0 Å². The predicted octanol–water partition coefficient (Wildman–Crippen LogP) is 4.27. The Balaban J connectivity index is 0.00000208. The molecule has 24 heavy (non-hydrogen) atoms. The zero-order valence-corrected chi connectivity index (χ0v) is 15.5. The van der Waals surface area contributed by atoms with Crippen LogP contribution >= 0.6 is 12.4 Å². The third kappa shape index (κ3) is 5.49. The summed E-state index contributed by atoms with van der Waals surface area (Å²) in [4.78, 5) is 14.8. The van der Waals surface area contributed by atoms with Gasteiger partial charge in [0.1, 0.15) is 17.6 Å². The number of benzene rings is 1. The predicted molar refractivity (Wildman–Crippen MR) is 100 cm³/mol. The fourth-order valence-electron chi connectivity index (χ4n) is 3.79. The standard InChI is InChI=1S/C20H29NO2.ClH/c1-21-12-10-18(11-13-21)23-19-9-5-6-16(14-19)15-20(22)17-7-3-2-4-8-17;/h5-6,9,14,17-18H,2-4,7-8,10-13,15H2,1H3;1H. The van der Waals surface area contributed by atoms with E-state index in [1.807, 2.05) is 12.1 Å². The van der Waals surface area contributed by atoms with Gasteiger partial charge in [-0.05, 0) is 50.4 Å². The van der Waals surface area contributed by atoms with Crippen LogP contribution in [0.25, 0.3) is 0 Å². The maximum atomic E-state index is 12.5. The number of halogens is 1. The van der Waals surface area contributed by atoms with Gasteiger partial charge in [-0.15, -0.1) is 12.4 Å². The van der Waals surface area contributed by atoms with Crippen molar-refractivity contribution in [2.45, 2.75) is 57.5 Å². The molecule has 2 aliphatic rings. The maximum absolute atomic E-state index is 12.5. The first-order valence-corrected chi connectivity index (χ1v) is 9.17. The van der Waals surface area contributed by atoms with Crippen molar-refractivity contribution in [3.8, 4) is 5.75 Å². The van der Waals surface area contributed by atoms with Crippen LogP contribution in [0, 0.1) is 5.92 Å². The molecular weight excluding hydrogens is 322 g/mol. The first kappa shape index (κ1) is 19.3. The number of likely N-dealkylation sites (tertiary alicyclic amines) is 1. The van der Waals surface area contributed by atoms with E-state index in [9.17, 15) is 4.79 Å². The van der Waals surface area contributed by atoms with Crippen molar-refractivity contribution < 1.29 is 9.53 Å². The van der Waals surface area contributed by atoms with Crippen molar-refractivity contribution in [3.05, 3.63) is 29.8 Å². The smallest absolute Gasteiger partial charge is 0.140 e. The molecule has 1 heterocycles. The average molecular weight is 352 g/mol. The van der Waals surface area contributed by atoms with Crippen molar-refractivity contribution >= 4 is 18.2 Å². The lowest BCUT2D eigenvalue weighted by molar-refractivity contribution is -0.123. The largest absolute Gasteiger partial charge is 0.490 e. The SMILES string of the molecule is CN1CCC(Oc2cccc(CC(=O)C3CCCCC3)c2)CC1.Cl. The van der Waals surface area contributed by atoms with E-state index in [4.69, 9.17) is 4.74 Å². The van der Waals surface area contributed by atoms with Crippen molar-refractivity contribution in [1.29, 1.82) is 0 Å². The average Bonchev–Trinajstić information content (AvgIpc) is 2.58. The minimum atomic E-state index is 0. The summed E-state index contributed by atoms with van der Waals surface area (Å²) < 4.78 is 6.13. The molecule has 3 nitrogen and oxygen atoms in total. The highest BCUT2D eigenvalue weighted by Gasteiger charge is 2.21. The van der Waals surface area contributed by atoms with Crippen LogP contribution in [0.3, 0.4) is 0 Å². The minimum absolute atomic E-state index is 0. The Hall–Kier alpha value is -1.06. The molecular formula is C20H30ClNO2. The Kier molecular flexibility index (Phi) is 7.57. The van der Waals surface area contributed by atoms with Crippen LogP contribution in [0.15, 0.2) is 24.3 Å². The molecule has 4 heteroatoms. The lowest BCUT2D eigenvalue weighted by Crippen LogP contribution is -2.35. The van der Waals surface area contributed by atoms with Gasteiger partial charge in [0, 0.05) is 25.4 Å². The molecule has 1 aliphatic carbocycles. The van der Waals surface area contributed by atoms with E-state index in [-0.39, 0.29) is 12.4 Å². The molecule has 1 aromatic rings. The Morgan fingerprint density at radius 1 is 1.12 bits per heavy atom. The van der Waals surface area contributed by atoms with Crippen LogP contribution in [0.1, 0.15) is 50.5 Å². The summed E-state index contributed by atoms with van der Waals surface area (Å²) in [5, 5.41) is 0. The minimum Gasteiger partial charge on any atom is -0.490 e. The second kappa shape index (κ2) is 9.43. The summed E-state index contributed by atoms with van der Waals surface area (Å²) in [5.74, 6) is 1.64. The highest BCUT2D eigenvalue weighted by atomic mass is 35.5. The first-order chi connectivity index (χ1) is 11.2. The molecule has 0 N–H and O–H groups in total. The molecule has 1 aromatic carbocycles. The highest BCUT2D eigenvalue weighted by molar-refractivity contribution is 5.85. The van der Waals surface area contributed by atoms with Gasteiger partial charge in [0.2, 0.25) is 0 Å². The fourth-order valence-corrected chi connectivity index (χ4v) is 3.79. The van der Waals surface area contributed by atoms with Crippen LogP contribution in [-0.4, -0.2) is 36.9 Å². The highest BCUT2D eigenvalue weighted by Crippen LogP contribution is 2.26. The van der Waals surface area contributed by atoms with Gasteiger partial charge in [0.25, 0.3) is 0 Å². The Labute approximate surface area is 152 Å². The Morgan fingerprint density at radius 3 is 2.54 bits per heavy atom. The zero-order chi connectivity index (χ0) is 16.1. The van der Waals surface area contributed by atoms with Crippen LogP contribution in [0.4, 0.5) is 0 Å². The Morgan fingerprint density at radius 2 is 1.83 bits per heavy atom. The zero-order valence-electron chi connectivity index (χ0n) is 14.7. The summed E-state index contributed by atoms with van der Waals surface area (Å²) in [5.41, 5.74) is 1.10. The molecule has 1 saturated carbocycles. The second-order valence-electron chi connectivity index (χ2n) is 7.25. The van der Waals surface area contributed by atoms with Crippen molar-refractivity contribution in [1.82, 2.24) is 4.90 Å². The molecule has 0 spiro atoms. The first-order valence-electron chi connectivity index (χ1n) is 9.17. The number of ether oxygens (including phenoxy) is 1. The molecule has 134 valence electrons. The van der Waals surface area contributed by atoms with Crippen molar-refractivity contribution in [2.75, 3.05) is 20.1 Å². The molecule has 1 aliphatic heterocycles. The summed E-state index contributed by atoms with van der Waals surface area (Å²) in [6, 6.07) is 8.17. The van der Waals surface area contributed by atoms with Gasteiger partial charge in [-0.3, -0.25) is 4.79 Å². The van der Waals surface area contributed by atoms with Gasteiger partial charge in [0.05, 0.1) is 0 Å². The monoisotopic (exact) mass is 351 g/mol. The van der Waals surface area contributed by atoms with Gasteiger partial charge in [-0.1, -0.05) is 31.4 Å². The number of carbonyl (C=O) groups is 1. The number of piperidine rings is 1. The van der Waals surface area contributed by atoms with E-state index in [0.717, 1.165) is 50.1 Å². The Bertz CT molecular complexity index is 520. The van der Waals surface area contributed by atoms with Gasteiger partial charge in [-0.25, -0.2) is 0 Å². The van der Waals surface area contributed by atoms with E-state index < -0.39 is 0 Å². The maximum Gasteiger partial charge on any atom is 0.140 e.